The summed E-state index contributed by atoms with van der Waals surface area (Å²) in [4.78, 5) is 25.1. The van der Waals surface area contributed by atoms with Gasteiger partial charge in [-0.05, 0) is 41.3 Å². The second kappa shape index (κ2) is 7.41. The maximum absolute atomic E-state index is 12.4. The van der Waals surface area contributed by atoms with Crippen LogP contribution in [-0.2, 0) is 4.79 Å². The molecule has 1 saturated heterocycles. The highest BCUT2D eigenvalue weighted by Gasteiger charge is 2.34. The topological polar surface area (TPSA) is 121 Å². The molecule has 0 saturated carbocycles. The zero-order valence-corrected chi connectivity index (χ0v) is 19.2. The summed E-state index contributed by atoms with van der Waals surface area (Å²) < 4.78 is 0. The van der Waals surface area contributed by atoms with Gasteiger partial charge in [-0.15, -0.1) is 0 Å². The maximum atomic E-state index is 12.4. The summed E-state index contributed by atoms with van der Waals surface area (Å²) in [6.07, 6.45) is 10.1. The number of nitrogens with zero attached hydrogens (tertiary/aromatic N) is 3. The molecule has 170 valence electrons. The van der Waals surface area contributed by atoms with Gasteiger partial charge in [0.2, 0.25) is 5.91 Å². The Morgan fingerprint density at radius 3 is 2.91 bits per heavy atom. The van der Waals surface area contributed by atoms with Gasteiger partial charge < -0.3 is 15.6 Å². The van der Waals surface area contributed by atoms with Gasteiger partial charge in [-0.1, -0.05) is 32.9 Å². The minimum absolute atomic E-state index is 0.0318. The number of hydrogen-bond donors (Lipinski definition) is 4. The van der Waals surface area contributed by atoms with Crippen LogP contribution >= 0.6 is 0 Å². The Hall–Kier alpha value is -4.20. The van der Waals surface area contributed by atoms with Crippen LogP contribution < -0.4 is 10.6 Å². The van der Waals surface area contributed by atoms with Crippen LogP contribution in [0.15, 0.2) is 54.5 Å². The lowest BCUT2D eigenvalue weighted by molar-refractivity contribution is -0.117. The van der Waals surface area contributed by atoms with Gasteiger partial charge in [0.1, 0.15) is 17.3 Å². The average Bonchev–Trinajstić information content (AvgIpc) is 3.27. The number of fused-ring (bicyclic) bond motifs is 4. The number of aromatic nitrogens is 5. The van der Waals surface area contributed by atoms with E-state index in [1.807, 2.05) is 39.0 Å². The van der Waals surface area contributed by atoms with E-state index in [1.54, 1.807) is 12.4 Å². The molecule has 5 heterocycles. The quantitative estimate of drug-likeness (QED) is 0.327. The molecule has 1 fully saturated rings. The van der Waals surface area contributed by atoms with Crippen LogP contribution in [-0.4, -0.2) is 31.1 Å². The van der Waals surface area contributed by atoms with Gasteiger partial charge in [-0.25, -0.2) is 4.98 Å². The summed E-state index contributed by atoms with van der Waals surface area (Å²) in [5.74, 6) is -0.0318. The molecule has 0 aromatic carbocycles. The van der Waals surface area contributed by atoms with E-state index in [1.165, 1.54) is 5.70 Å². The predicted octanol–water partition coefficient (Wildman–Crippen LogP) is 4.94. The first-order valence-electron chi connectivity index (χ1n) is 11.3. The molecular weight excluding hydrogens is 426 g/mol. The molecule has 4 aromatic heterocycles. The molecule has 0 spiro atoms. The molecule has 1 amide bonds. The number of carbonyl (C=O) groups excluding carboxylic acids is 1. The predicted molar refractivity (Wildman–Crippen MR) is 133 cm³/mol. The van der Waals surface area contributed by atoms with E-state index in [0.29, 0.717) is 12.1 Å². The Morgan fingerprint density at radius 1 is 1.18 bits per heavy atom. The van der Waals surface area contributed by atoms with Crippen molar-refractivity contribution in [2.45, 2.75) is 33.2 Å². The number of anilines is 1. The van der Waals surface area contributed by atoms with Crippen molar-refractivity contribution >= 4 is 28.7 Å². The van der Waals surface area contributed by atoms with Crippen molar-refractivity contribution in [3.63, 3.8) is 0 Å². The summed E-state index contributed by atoms with van der Waals surface area (Å²) in [6.45, 7) is 6.12. The van der Waals surface area contributed by atoms with Crippen LogP contribution in [0.1, 0.15) is 44.5 Å². The molecule has 1 atom stereocenters. The first kappa shape index (κ1) is 20.4. The number of rotatable bonds is 4. The number of aromatic amines is 2. The molecule has 34 heavy (non-hydrogen) atoms. The zero-order valence-electron chi connectivity index (χ0n) is 19.2. The molecule has 8 heteroatoms. The van der Waals surface area contributed by atoms with Crippen molar-refractivity contribution in [2.24, 2.45) is 5.41 Å². The average molecular weight is 452 g/mol. The Balaban J connectivity index is 1.33. The van der Waals surface area contributed by atoms with Crippen LogP contribution in [0.25, 0.3) is 39.8 Å². The van der Waals surface area contributed by atoms with E-state index in [0.717, 1.165) is 44.9 Å². The van der Waals surface area contributed by atoms with Crippen molar-refractivity contribution in [3.8, 4) is 22.6 Å². The van der Waals surface area contributed by atoms with E-state index >= 15 is 0 Å². The van der Waals surface area contributed by atoms with E-state index in [9.17, 15) is 4.79 Å². The first-order chi connectivity index (χ1) is 16.3. The van der Waals surface area contributed by atoms with Crippen molar-refractivity contribution in [1.29, 1.82) is 0 Å². The standard InChI is InChI=1S/C26H25N7O/c1-26(2,3)11-21(34)28-16-9-15(12-27-13-16)17-7-8-19-24(29-17)25(33-32-19)20-10-14-5-4-6-18-23(30-18)22(14)31-20/h4-10,12-13,23,30-31H,11H2,1-3H3,(H,28,34)(H,32,33). The SMILES string of the molecule is CC(C)(C)CC(=O)Nc1cncc(-c2ccc3[nH]nc(-c4cc5c([nH]4)C4NC4=CC=C5)c3n2)c1. The second-order valence-corrected chi connectivity index (χ2v) is 10.0. The Bertz CT molecular complexity index is 1500. The molecule has 0 bridgehead atoms. The fraction of sp³-hybridized carbons (Fsp3) is 0.231. The minimum Gasteiger partial charge on any atom is -0.373 e. The second-order valence-electron chi connectivity index (χ2n) is 10.0. The maximum Gasteiger partial charge on any atom is 0.224 e. The zero-order chi connectivity index (χ0) is 23.4. The fourth-order valence-electron chi connectivity index (χ4n) is 4.33. The highest BCUT2D eigenvalue weighted by Crippen LogP contribution is 2.40. The molecule has 4 aromatic rings. The Kier molecular flexibility index (Phi) is 4.45. The molecule has 2 aliphatic rings. The third-order valence-electron chi connectivity index (χ3n) is 5.93. The van der Waals surface area contributed by atoms with Gasteiger partial charge in [0.05, 0.1) is 34.5 Å². The summed E-state index contributed by atoms with van der Waals surface area (Å²) >= 11 is 0. The molecule has 1 aliphatic carbocycles. The highest BCUT2D eigenvalue weighted by atomic mass is 16.1. The number of carbonyl (C=O) groups is 1. The van der Waals surface area contributed by atoms with Gasteiger partial charge >= 0.3 is 0 Å². The van der Waals surface area contributed by atoms with Crippen LogP contribution in [0, 0.1) is 5.41 Å². The van der Waals surface area contributed by atoms with Crippen molar-refractivity contribution in [1.82, 2.24) is 30.5 Å². The van der Waals surface area contributed by atoms with Gasteiger partial charge in [-0.3, -0.25) is 14.9 Å². The monoisotopic (exact) mass is 451 g/mol. The third-order valence-corrected chi connectivity index (χ3v) is 5.93. The number of hydrogen-bond acceptors (Lipinski definition) is 5. The number of H-pyrrole nitrogens is 2. The van der Waals surface area contributed by atoms with Crippen LogP contribution in [0.2, 0.25) is 0 Å². The van der Waals surface area contributed by atoms with E-state index in [-0.39, 0.29) is 17.4 Å². The van der Waals surface area contributed by atoms with Crippen LogP contribution in [0.5, 0.6) is 0 Å². The van der Waals surface area contributed by atoms with Crippen LogP contribution in [0.4, 0.5) is 5.69 Å². The molecular formula is C26H25N7O. The molecule has 4 N–H and O–H groups in total. The number of pyridine rings is 2. The van der Waals surface area contributed by atoms with Crippen molar-refractivity contribution < 1.29 is 4.79 Å². The number of nitrogens with one attached hydrogen (secondary N) is 4. The first-order valence-corrected chi connectivity index (χ1v) is 11.3. The fourth-order valence-corrected chi connectivity index (χ4v) is 4.33. The minimum atomic E-state index is -0.0845. The molecule has 6 rings (SSSR count). The normalized spacial score (nSPS) is 16.3. The number of amides is 1. The molecule has 1 unspecified atom stereocenters. The lowest BCUT2D eigenvalue weighted by Gasteiger charge is -2.17. The lowest BCUT2D eigenvalue weighted by atomic mass is 9.92. The van der Waals surface area contributed by atoms with E-state index in [2.05, 4.69) is 55.1 Å². The van der Waals surface area contributed by atoms with Gasteiger partial charge in [0, 0.05) is 23.9 Å². The third kappa shape index (κ3) is 3.77. The molecule has 0 radical (unpaired) electrons. The number of allylic oxidation sites excluding steroid dienone is 2. The highest BCUT2D eigenvalue weighted by molar-refractivity contribution is 5.93. The molecule has 8 nitrogen and oxygen atoms in total. The van der Waals surface area contributed by atoms with E-state index in [4.69, 9.17) is 4.98 Å². The largest absolute Gasteiger partial charge is 0.373 e. The van der Waals surface area contributed by atoms with Crippen molar-refractivity contribution in [2.75, 3.05) is 5.32 Å². The van der Waals surface area contributed by atoms with Crippen molar-refractivity contribution in [3.05, 3.63) is 65.8 Å². The summed E-state index contributed by atoms with van der Waals surface area (Å²) in [5.41, 5.74) is 8.98. The van der Waals surface area contributed by atoms with Gasteiger partial charge in [-0.2, -0.15) is 5.10 Å². The summed E-state index contributed by atoms with van der Waals surface area (Å²) in [7, 11) is 0. The van der Waals surface area contributed by atoms with E-state index < -0.39 is 0 Å². The van der Waals surface area contributed by atoms with Gasteiger partial charge in [0.25, 0.3) is 0 Å². The Labute approximate surface area is 196 Å². The summed E-state index contributed by atoms with van der Waals surface area (Å²) in [5, 5.41) is 14.0. The molecule has 1 aliphatic heterocycles. The summed E-state index contributed by atoms with van der Waals surface area (Å²) in [6, 6.07) is 8.15. The smallest absolute Gasteiger partial charge is 0.224 e. The lowest BCUT2D eigenvalue weighted by Crippen LogP contribution is -2.19. The van der Waals surface area contributed by atoms with Gasteiger partial charge in [0.15, 0.2) is 0 Å². The Morgan fingerprint density at radius 2 is 2.06 bits per heavy atom. The van der Waals surface area contributed by atoms with Crippen LogP contribution in [0.3, 0.4) is 0 Å².